The fourth-order valence-corrected chi connectivity index (χ4v) is 2.18. The van der Waals surface area contributed by atoms with Gasteiger partial charge in [0.1, 0.15) is 17.7 Å². The summed E-state index contributed by atoms with van der Waals surface area (Å²) in [6.45, 7) is 0. The van der Waals surface area contributed by atoms with Gasteiger partial charge in [-0.2, -0.15) is 0 Å². The molecule has 0 aromatic carbocycles. The molecule has 0 saturated carbocycles. The molecule has 0 unspecified atom stereocenters. The maximum Gasteiger partial charge on any atom is 0.115 e. The minimum atomic E-state index is 0.640. The van der Waals surface area contributed by atoms with Crippen LogP contribution in [0.1, 0.15) is 0 Å². The molecule has 4 heterocycles. The first-order chi connectivity index (χ1) is 11.9. The summed E-state index contributed by atoms with van der Waals surface area (Å²) in [5, 5.41) is 0. The van der Waals surface area contributed by atoms with E-state index >= 15 is 0 Å². The van der Waals surface area contributed by atoms with Crippen molar-refractivity contribution in [1.29, 1.82) is 0 Å². The predicted octanol–water partition coefficient (Wildman–Crippen LogP) is 2.45. The zero-order chi connectivity index (χ0) is 16.2. The van der Waals surface area contributed by atoms with Crippen molar-refractivity contribution >= 4 is 0 Å². The van der Waals surface area contributed by atoms with E-state index in [1.165, 1.54) is 6.33 Å². The molecule has 0 aliphatic rings. The van der Waals surface area contributed by atoms with Gasteiger partial charge < -0.3 is 0 Å². The summed E-state index contributed by atoms with van der Waals surface area (Å²) in [5.74, 6) is 0. The van der Waals surface area contributed by atoms with Gasteiger partial charge in [0, 0.05) is 35.9 Å². The molecular weight excluding hydrogens is 302 g/mol. The van der Waals surface area contributed by atoms with E-state index in [1.807, 2.05) is 12.1 Å². The van der Waals surface area contributed by atoms with Crippen molar-refractivity contribution in [3.05, 3.63) is 68.0 Å². The van der Waals surface area contributed by atoms with Crippen molar-refractivity contribution < 1.29 is 0 Å². The van der Waals surface area contributed by atoms with E-state index in [0.717, 1.165) is 16.8 Å². The first-order valence-corrected chi connectivity index (χ1v) is 7.20. The Balaban J connectivity index is 1.67. The van der Waals surface area contributed by atoms with Gasteiger partial charge in [-0.25, -0.2) is 15.0 Å². The molecule has 0 N–H and O–H groups in total. The van der Waals surface area contributed by atoms with Crippen LogP contribution in [0.5, 0.6) is 0 Å². The fraction of sp³-hybridized carbons (Fsp3) is 0. The second-order valence-corrected chi connectivity index (χ2v) is 4.95. The van der Waals surface area contributed by atoms with Crippen LogP contribution in [0.4, 0.5) is 0 Å². The number of nitrogens with zero attached hydrogens (tertiary/aromatic N) is 7. The third kappa shape index (κ3) is 2.82. The van der Waals surface area contributed by atoms with Crippen molar-refractivity contribution in [2.75, 3.05) is 0 Å². The summed E-state index contributed by atoms with van der Waals surface area (Å²) < 4.78 is 0. The Morgan fingerprint density at radius 3 is 2.04 bits per heavy atom. The van der Waals surface area contributed by atoms with Crippen molar-refractivity contribution in [2.45, 2.75) is 0 Å². The maximum absolute atomic E-state index is 4.56. The molecule has 4 rings (SSSR count). The Labute approximate surface area is 137 Å². The van der Waals surface area contributed by atoms with Gasteiger partial charge in [-0.05, 0) is 12.1 Å². The van der Waals surface area contributed by atoms with E-state index in [-0.39, 0.29) is 0 Å². The normalized spacial score (nSPS) is 10.5. The minimum Gasteiger partial charge on any atom is -0.264 e. The van der Waals surface area contributed by atoms with Crippen LogP contribution in [-0.2, 0) is 0 Å². The first kappa shape index (κ1) is 14.0. The zero-order valence-electron chi connectivity index (χ0n) is 12.5. The molecule has 0 amide bonds. The molecule has 0 spiro atoms. The summed E-state index contributed by atoms with van der Waals surface area (Å²) in [5.41, 5.74) is 4.44. The van der Waals surface area contributed by atoms with Gasteiger partial charge in [0.05, 0.1) is 36.2 Å². The van der Waals surface area contributed by atoms with Crippen LogP contribution in [0.15, 0.2) is 68.0 Å². The van der Waals surface area contributed by atoms with Crippen LogP contribution in [0, 0.1) is 0 Å². The molecule has 7 heteroatoms. The first-order valence-electron chi connectivity index (χ1n) is 7.20. The highest BCUT2D eigenvalue weighted by Crippen LogP contribution is 2.20. The number of hydrogen-bond donors (Lipinski definition) is 0. The average Bonchev–Trinajstić information content (AvgIpc) is 2.70. The molecule has 4 aromatic rings. The monoisotopic (exact) mass is 313 g/mol. The van der Waals surface area contributed by atoms with Crippen LogP contribution in [0.3, 0.4) is 0 Å². The molecule has 7 nitrogen and oxygen atoms in total. The van der Waals surface area contributed by atoms with Crippen LogP contribution < -0.4 is 0 Å². The number of aromatic nitrogens is 7. The Morgan fingerprint density at radius 1 is 0.542 bits per heavy atom. The van der Waals surface area contributed by atoms with Gasteiger partial charge >= 0.3 is 0 Å². The Morgan fingerprint density at radius 2 is 1.29 bits per heavy atom. The van der Waals surface area contributed by atoms with Crippen LogP contribution in [0.25, 0.3) is 33.9 Å². The highest BCUT2D eigenvalue weighted by atomic mass is 14.9. The van der Waals surface area contributed by atoms with Crippen LogP contribution in [-0.4, -0.2) is 34.9 Å². The van der Waals surface area contributed by atoms with E-state index in [4.69, 9.17) is 0 Å². The van der Waals surface area contributed by atoms with Gasteiger partial charge in [-0.3, -0.25) is 19.9 Å². The van der Waals surface area contributed by atoms with Crippen molar-refractivity contribution in [2.24, 2.45) is 0 Å². The highest BCUT2D eigenvalue weighted by Gasteiger charge is 2.07. The van der Waals surface area contributed by atoms with Crippen molar-refractivity contribution in [1.82, 2.24) is 34.9 Å². The average molecular weight is 313 g/mol. The molecule has 0 fully saturated rings. The summed E-state index contributed by atoms with van der Waals surface area (Å²) in [7, 11) is 0. The SMILES string of the molecule is c1cncc(-c2cnc(-c3cncc(-c4cncnc4)n3)cn2)c1. The van der Waals surface area contributed by atoms with Crippen LogP contribution in [0.2, 0.25) is 0 Å². The topological polar surface area (TPSA) is 90.2 Å². The third-order valence-electron chi connectivity index (χ3n) is 3.36. The van der Waals surface area contributed by atoms with Crippen molar-refractivity contribution in [3.8, 4) is 33.9 Å². The van der Waals surface area contributed by atoms with Gasteiger partial charge in [0.15, 0.2) is 0 Å². The second-order valence-electron chi connectivity index (χ2n) is 4.95. The summed E-state index contributed by atoms with van der Waals surface area (Å²) in [6.07, 6.45) is 15.0. The lowest BCUT2D eigenvalue weighted by Gasteiger charge is -2.04. The van der Waals surface area contributed by atoms with Crippen LogP contribution >= 0.6 is 0 Å². The minimum absolute atomic E-state index is 0.640. The second kappa shape index (κ2) is 6.25. The fourth-order valence-electron chi connectivity index (χ4n) is 2.18. The van der Waals surface area contributed by atoms with Crippen molar-refractivity contribution in [3.63, 3.8) is 0 Å². The summed E-state index contributed by atoms with van der Waals surface area (Å²) >= 11 is 0. The van der Waals surface area contributed by atoms with E-state index < -0.39 is 0 Å². The van der Waals surface area contributed by atoms with Gasteiger partial charge in [-0.15, -0.1) is 0 Å². The summed E-state index contributed by atoms with van der Waals surface area (Å²) in [4.78, 5) is 29.7. The predicted molar refractivity (Wildman–Crippen MR) is 87.3 cm³/mol. The number of pyridine rings is 1. The molecule has 0 bridgehead atoms. The van der Waals surface area contributed by atoms with E-state index in [1.54, 1.807) is 49.6 Å². The molecule has 0 aliphatic heterocycles. The molecule has 0 saturated heterocycles. The largest absolute Gasteiger partial charge is 0.264 e. The molecule has 24 heavy (non-hydrogen) atoms. The molecule has 114 valence electrons. The molecular formula is C17H11N7. The Bertz CT molecular complexity index is 941. The smallest absolute Gasteiger partial charge is 0.115 e. The van der Waals surface area contributed by atoms with E-state index in [9.17, 15) is 0 Å². The molecule has 4 aromatic heterocycles. The number of hydrogen-bond acceptors (Lipinski definition) is 7. The van der Waals surface area contributed by atoms with Gasteiger partial charge in [-0.1, -0.05) is 0 Å². The quantitative estimate of drug-likeness (QED) is 0.573. The lowest BCUT2D eigenvalue weighted by Crippen LogP contribution is -1.95. The standard InChI is InChI=1S/C17H11N7/c1-2-12(4-18-3-1)14-9-23-16(10-22-14)17-8-19-7-15(24-17)13-5-20-11-21-6-13/h1-11H. The lowest BCUT2D eigenvalue weighted by molar-refractivity contribution is 1.12. The highest BCUT2D eigenvalue weighted by molar-refractivity contribution is 5.62. The van der Waals surface area contributed by atoms with E-state index in [0.29, 0.717) is 17.1 Å². The summed E-state index contributed by atoms with van der Waals surface area (Å²) in [6, 6.07) is 3.80. The molecule has 0 atom stereocenters. The lowest BCUT2D eigenvalue weighted by atomic mass is 10.2. The number of rotatable bonds is 3. The van der Waals surface area contributed by atoms with Gasteiger partial charge in [0.2, 0.25) is 0 Å². The molecule has 0 radical (unpaired) electrons. The Kier molecular flexibility index (Phi) is 3.65. The Hall–Kier alpha value is -3.61. The maximum atomic E-state index is 4.56. The third-order valence-corrected chi connectivity index (χ3v) is 3.36. The van der Waals surface area contributed by atoms with Gasteiger partial charge in [0.25, 0.3) is 0 Å². The van der Waals surface area contributed by atoms with E-state index in [2.05, 4.69) is 34.9 Å². The molecule has 0 aliphatic carbocycles. The zero-order valence-corrected chi connectivity index (χ0v) is 12.5.